The van der Waals surface area contributed by atoms with E-state index in [-0.39, 0.29) is 0 Å². The lowest BCUT2D eigenvalue weighted by Crippen LogP contribution is -1.97. The van der Waals surface area contributed by atoms with Crippen LogP contribution in [0.15, 0.2) is 12.1 Å². The van der Waals surface area contributed by atoms with E-state index in [9.17, 15) is 0 Å². The molecule has 1 aromatic carbocycles. The number of nitriles is 1. The third kappa shape index (κ3) is 2.83. The van der Waals surface area contributed by atoms with Crippen molar-refractivity contribution in [3.8, 4) is 6.07 Å². The zero-order valence-corrected chi connectivity index (χ0v) is 9.93. The average molecular weight is 201 g/mol. The maximum Gasteiger partial charge on any atom is 0.0991 e. The average Bonchev–Trinajstić information content (AvgIpc) is 2.24. The van der Waals surface area contributed by atoms with Crippen LogP contribution in [-0.4, -0.2) is 0 Å². The third-order valence-corrected chi connectivity index (χ3v) is 2.79. The Kier molecular flexibility index (Phi) is 4.37. The molecule has 0 aliphatic rings. The summed E-state index contributed by atoms with van der Waals surface area (Å²) in [5.41, 5.74) is 4.89. The van der Waals surface area contributed by atoms with Crippen LogP contribution < -0.4 is 0 Å². The first-order valence-electron chi connectivity index (χ1n) is 5.75. The summed E-state index contributed by atoms with van der Waals surface area (Å²) in [5, 5.41) is 8.96. The Hall–Kier alpha value is -1.29. The van der Waals surface area contributed by atoms with Crippen molar-refractivity contribution in [1.29, 1.82) is 5.26 Å². The van der Waals surface area contributed by atoms with Crippen LogP contribution in [-0.2, 0) is 12.8 Å². The van der Waals surface area contributed by atoms with Gasteiger partial charge in [0.2, 0.25) is 0 Å². The standard InChI is InChI=1S/C14H19N/c1-4-6-13-8-12(10-15)9-14(7-5-2)11(13)3/h8-9H,4-7H2,1-3H3. The molecular formula is C14H19N. The molecule has 0 aliphatic carbocycles. The Morgan fingerprint density at radius 1 is 1.07 bits per heavy atom. The van der Waals surface area contributed by atoms with Crippen LogP contribution in [0.1, 0.15) is 48.9 Å². The van der Waals surface area contributed by atoms with Crippen molar-refractivity contribution >= 4 is 0 Å². The number of hydrogen-bond donors (Lipinski definition) is 0. The van der Waals surface area contributed by atoms with Crippen LogP contribution >= 0.6 is 0 Å². The van der Waals surface area contributed by atoms with Crippen LogP contribution in [0.25, 0.3) is 0 Å². The second kappa shape index (κ2) is 5.56. The van der Waals surface area contributed by atoms with Gasteiger partial charge in [0.25, 0.3) is 0 Å². The van der Waals surface area contributed by atoms with Gasteiger partial charge >= 0.3 is 0 Å². The molecule has 0 unspecified atom stereocenters. The van der Waals surface area contributed by atoms with Crippen molar-refractivity contribution in [2.24, 2.45) is 0 Å². The Balaban J connectivity index is 3.15. The van der Waals surface area contributed by atoms with E-state index in [1.54, 1.807) is 0 Å². The highest BCUT2D eigenvalue weighted by molar-refractivity contribution is 5.43. The van der Waals surface area contributed by atoms with E-state index < -0.39 is 0 Å². The summed E-state index contributed by atoms with van der Waals surface area (Å²) in [6.07, 6.45) is 4.44. The molecule has 1 aromatic rings. The fraction of sp³-hybridized carbons (Fsp3) is 0.500. The summed E-state index contributed by atoms with van der Waals surface area (Å²) in [4.78, 5) is 0. The minimum atomic E-state index is 0.813. The zero-order chi connectivity index (χ0) is 11.3. The SMILES string of the molecule is CCCc1cc(C#N)cc(CCC)c1C. The van der Waals surface area contributed by atoms with Crippen molar-refractivity contribution in [2.45, 2.75) is 46.5 Å². The summed E-state index contributed by atoms with van der Waals surface area (Å²) in [7, 11) is 0. The van der Waals surface area contributed by atoms with Crippen LogP contribution in [0.3, 0.4) is 0 Å². The van der Waals surface area contributed by atoms with Crippen molar-refractivity contribution < 1.29 is 0 Å². The van der Waals surface area contributed by atoms with E-state index in [0.29, 0.717) is 0 Å². The Morgan fingerprint density at radius 2 is 1.53 bits per heavy atom. The molecule has 0 aliphatic heterocycles. The smallest absolute Gasteiger partial charge is 0.0991 e. The first kappa shape index (κ1) is 11.8. The van der Waals surface area contributed by atoms with Crippen LogP contribution in [0.5, 0.6) is 0 Å². The van der Waals surface area contributed by atoms with Gasteiger partial charge < -0.3 is 0 Å². The summed E-state index contributed by atoms with van der Waals surface area (Å²) in [5.74, 6) is 0. The molecule has 0 amide bonds. The number of hydrogen-bond acceptors (Lipinski definition) is 1. The summed E-state index contributed by atoms with van der Waals surface area (Å²) < 4.78 is 0. The largest absolute Gasteiger partial charge is 0.192 e. The molecule has 15 heavy (non-hydrogen) atoms. The zero-order valence-electron chi connectivity index (χ0n) is 9.93. The second-order valence-electron chi connectivity index (χ2n) is 4.03. The number of aryl methyl sites for hydroxylation is 2. The van der Waals surface area contributed by atoms with Crippen molar-refractivity contribution in [2.75, 3.05) is 0 Å². The Bertz CT molecular complexity index is 344. The van der Waals surface area contributed by atoms with Crippen molar-refractivity contribution in [3.63, 3.8) is 0 Å². The summed E-state index contributed by atoms with van der Waals surface area (Å²) >= 11 is 0. The summed E-state index contributed by atoms with van der Waals surface area (Å²) in [6.45, 7) is 6.53. The molecular weight excluding hydrogens is 182 g/mol. The van der Waals surface area contributed by atoms with E-state index in [4.69, 9.17) is 5.26 Å². The van der Waals surface area contributed by atoms with Gasteiger partial charge in [0.05, 0.1) is 11.6 Å². The quantitative estimate of drug-likeness (QED) is 0.727. The molecule has 0 spiro atoms. The first-order valence-corrected chi connectivity index (χ1v) is 5.75. The molecule has 0 saturated heterocycles. The molecule has 1 nitrogen and oxygen atoms in total. The second-order valence-corrected chi connectivity index (χ2v) is 4.03. The Morgan fingerprint density at radius 3 is 1.87 bits per heavy atom. The lowest BCUT2D eigenvalue weighted by molar-refractivity contribution is 0.878. The predicted octanol–water partition coefficient (Wildman–Crippen LogP) is 3.77. The molecule has 0 bridgehead atoms. The normalized spacial score (nSPS) is 10.0. The molecule has 0 radical (unpaired) electrons. The van der Waals surface area contributed by atoms with Gasteiger partial charge in [-0.15, -0.1) is 0 Å². The molecule has 0 fully saturated rings. The molecule has 1 heteroatoms. The minimum absolute atomic E-state index is 0.813. The van der Waals surface area contributed by atoms with Gasteiger partial charge in [-0.2, -0.15) is 5.26 Å². The molecule has 0 N–H and O–H groups in total. The van der Waals surface area contributed by atoms with E-state index in [1.165, 1.54) is 16.7 Å². The molecule has 1 rings (SSSR count). The van der Waals surface area contributed by atoms with E-state index in [1.807, 2.05) is 12.1 Å². The van der Waals surface area contributed by atoms with Gasteiger partial charge in [-0.05, 0) is 48.6 Å². The van der Waals surface area contributed by atoms with Crippen LogP contribution in [0.2, 0.25) is 0 Å². The topological polar surface area (TPSA) is 23.8 Å². The minimum Gasteiger partial charge on any atom is -0.192 e. The molecule has 0 atom stereocenters. The molecule has 0 heterocycles. The monoisotopic (exact) mass is 201 g/mol. The predicted molar refractivity (Wildman–Crippen MR) is 63.9 cm³/mol. The van der Waals surface area contributed by atoms with Crippen LogP contribution in [0, 0.1) is 18.3 Å². The van der Waals surface area contributed by atoms with Crippen molar-refractivity contribution in [1.82, 2.24) is 0 Å². The molecule has 80 valence electrons. The van der Waals surface area contributed by atoms with E-state index in [2.05, 4.69) is 26.8 Å². The van der Waals surface area contributed by atoms with Gasteiger partial charge in [0, 0.05) is 0 Å². The highest BCUT2D eigenvalue weighted by Gasteiger charge is 2.05. The Labute approximate surface area is 92.7 Å². The number of nitrogens with zero attached hydrogens (tertiary/aromatic N) is 1. The third-order valence-electron chi connectivity index (χ3n) is 2.79. The first-order chi connectivity index (χ1) is 7.22. The number of benzene rings is 1. The van der Waals surface area contributed by atoms with Crippen LogP contribution in [0.4, 0.5) is 0 Å². The lowest BCUT2D eigenvalue weighted by Gasteiger charge is -2.11. The number of rotatable bonds is 4. The summed E-state index contributed by atoms with van der Waals surface area (Å²) in [6, 6.07) is 6.33. The van der Waals surface area contributed by atoms with E-state index in [0.717, 1.165) is 31.2 Å². The fourth-order valence-corrected chi connectivity index (χ4v) is 1.96. The lowest BCUT2D eigenvalue weighted by atomic mass is 9.94. The van der Waals surface area contributed by atoms with Gasteiger partial charge in [0.15, 0.2) is 0 Å². The van der Waals surface area contributed by atoms with Gasteiger partial charge in [0.1, 0.15) is 0 Å². The highest BCUT2D eigenvalue weighted by Crippen LogP contribution is 2.19. The van der Waals surface area contributed by atoms with Gasteiger partial charge in [-0.1, -0.05) is 26.7 Å². The van der Waals surface area contributed by atoms with Gasteiger partial charge in [-0.3, -0.25) is 0 Å². The molecule has 0 saturated carbocycles. The maximum atomic E-state index is 8.96. The van der Waals surface area contributed by atoms with E-state index >= 15 is 0 Å². The molecule has 0 aromatic heterocycles. The highest BCUT2D eigenvalue weighted by atomic mass is 14.2. The van der Waals surface area contributed by atoms with Gasteiger partial charge in [-0.25, -0.2) is 0 Å². The maximum absolute atomic E-state index is 8.96. The fourth-order valence-electron chi connectivity index (χ4n) is 1.96. The van der Waals surface area contributed by atoms with Crippen molar-refractivity contribution in [3.05, 3.63) is 34.4 Å².